The van der Waals surface area contributed by atoms with E-state index in [4.69, 9.17) is 5.11 Å². The van der Waals surface area contributed by atoms with Crippen molar-refractivity contribution >= 4 is 17.6 Å². The number of aliphatic carboxylic acids is 1. The van der Waals surface area contributed by atoms with Crippen LogP contribution in [0.25, 0.3) is 11.6 Å². The zero-order chi connectivity index (χ0) is 19.9. The summed E-state index contributed by atoms with van der Waals surface area (Å²) in [6.07, 6.45) is 10.2. The van der Waals surface area contributed by atoms with Crippen LogP contribution in [0.15, 0.2) is 59.7 Å². The first-order valence-corrected chi connectivity index (χ1v) is 10.1. The fourth-order valence-corrected chi connectivity index (χ4v) is 3.84. The Labute approximate surface area is 167 Å². The van der Waals surface area contributed by atoms with Gasteiger partial charge in [0.05, 0.1) is 0 Å². The second kappa shape index (κ2) is 9.41. The van der Waals surface area contributed by atoms with Gasteiger partial charge in [0.25, 0.3) is 0 Å². The summed E-state index contributed by atoms with van der Waals surface area (Å²) in [5, 5.41) is 18.8. The van der Waals surface area contributed by atoms with Crippen LogP contribution in [0.4, 0.5) is 0 Å². The van der Waals surface area contributed by atoms with E-state index in [1.807, 2.05) is 24.3 Å². The van der Waals surface area contributed by atoms with E-state index in [1.165, 1.54) is 43.3 Å². The fourth-order valence-electron chi connectivity index (χ4n) is 3.84. The second-order valence-corrected chi connectivity index (χ2v) is 7.55. The number of phenolic OH excluding ortho intramolecular Hbond substituents is 1. The van der Waals surface area contributed by atoms with Crippen molar-refractivity contribution in [1.82, 2.24) is 0 Å². The Morgan fingerprint density at radius 2 is 1.32 bits per heavy atom. The van der Waals surface area contributed by atoms with Gasteiger partial charge in [-0.05, 0) is 73.1 Å². The SMILES string of the molecule is C/C(=C/c1ccc(C(=C2CCCCCCC2)c2ccc(O)cc2)cc1)C(=O)O. The van der Waals surface area contributed by atoms with E-state index in [9.17, 15) is 9.90 Å². The van der Waals surface area contributed by atoms with Crippen molar-refractivity contribution < 1.29 is 15.0 Å². The van der Waals surface area contributed by atoms with Gasteiger partial charge in [-0.15, -0.1) is 0 Å². The number of allylic oxidation sites excluding steroid dienone is 1. The van der Waals surface area contributed by atoms with Gasteiger partial charge in [0, 0.05) is 5.57 Å². The summed E-state index contributed by atoms with van der Waals surface area (Å²) < 4.78 is 0. The molecule has 0 amide bonds. The van der Waals surface area contributed by atoms with Gasteiger partial charge in [0.1, 0.15) is 5.75 Å². The highest BCUT2D eigenvalue weighted by atomic mass is 16.4. The molecular formula is C25H28O3. The quantitative estimate of drug-likeness (QED) is 0.605. The van der Waals surface area contributed by atoms with Gasteiger partial charge in [-0.25, -0.2) is 4.79 Å². The Kier molecular flexibility index (Phi) is 6.70. The third-order valence-corrected chi connectivity index (χ3v) is 5.39. The van der Waals surface area contributed by atoms with Gasteiger partial charge >= 0.3 is 5.97 Å². The molecule has 1 aliphatic carbocycles. The molecule has 3 rings (SSSR count). The molecule has 0 aliphatic heterocycles. The normalized spacial score (nSPS) is 15.6. The monoisotopic (exact) mass is 376 g/mol. The van der Waals surface area contributed by atoms with Crippen LogP contribution in [-0.4, -0.2) is 16.2 Å². The Balaban J connectivity index is 2.02. The highest BCUT2D eigenvalue weighted by Crippen LogP contribution is 2.34. The molecule has 0 radical (unpaired) electrons. The Morgan fingerprint density at radius 3 is 1.86 bits per heavy atom. The summed E-state index contributed by atoms with van der Waals surface area (Å²) in [7, 11) is 0. The van der Waals surface area contributed by atoms with Crippen LogP contribution in [0.5, 0.6) is 5.75 Å². The van der Waals surface area contributed by atoms with E-state index in [1.54, 1.807) is 25.1 Å². The molecule has 0 unspecified atom stereocenters. The van der Waals surface area contributed by atoms with Gasteiger partial charge in [0.2, 0.25) is 0 Å². The van der Waals surface area contributed by atoms with Crippen molar-refractivity contribution in [2.45, 2.75) is 51.9 Å². The van der Waals surface area contributed by atoms with Crippen LogP contribution in [-0.2, 0) is 4.79 Å². The molecule has 0 heterocycles. The van der Waals surface area contributed by atoms with Gasteiger partial charge < -0.3 is 10.2 Å². The summed E-state index contributed by atoms with van der Waals surface area (Å²) in [6, 6.07) is 15.6. The van der Waals surface area contributed by atoms with Gasteiger partial charge in [-0.3, -0.25) is 0 Å². The molecular weight excluding hydrogens is 348 g/mol. The highest BCUT2D eigenvalue weighted by molar-refractivity contribution is 5.91. The van der Waals surface area contributed by atoms with Gasteiger partial charge in [-0.1, -0.05) is 61.2 Å². The predicted octanol–water partition coefficient (Wildman–Crippen LogP) is 6.43. The number of carbonyl (C=O) groups is 1. The van der Waals surface area contributed by atoms with Gasteiger partial charge in [0.15, 0.2) is 0 Å². The standard InChI is InChI=1S/C25H28O3/c1-18(25(27)28)17-19-9-11-21(12-10-19)24(22-13-15-23(26)16-14-22)20-7-5-3-2-4-6-8-20/h9-17,26H,2-8H2,1H3,(H,27,28)/b18-17-. The van der Waals surface area contributed by atoms with Crippen LogP contribution in [0.3, 0.4) is 0 Å². The smallest absolute Gasteiger partial charge is 0.331 e. The van der Waals surface area contributed by atoms with Crippen molar-refractivity contribution in [2.24, 2.45) is 0 Å². The minimum Gasteiger partial charge on any atom is -0.508 e. The van der Waals surface area contributed by atoms with Crippen LogP contribution >= 0.6 is 0 Å². The molecule has 28 heavy (non-hydrogen) atoms. The van der Waals surface area contributed by atoms with E-state index >= 15 is 0 Å². The minimum absolute atomic E-state index is 0.274. The molecule has 1 fully saturated rings. The predicted molar refractivity (Wildman–Crippen MR) is 114 cm³/mol. The number of carboxylic acid groups (broad SMARTS) is 1. The van der Waals surface area contributed by atoms with Crippen LogP contribution in [0, 0.1) is 0 Å². The molecule has 146 valence electrons. The number of carboxylic acids is 1. The third-order valence-electron chi connectivity index (χ3n) is 5.39. The first kappa shape index (κ1) is 19.9. The average Bonchev–Trinajstić information content (AvgIpc) is 2.66. The Hall–Kier alpha value is -2.81. The molecule has 2 aromatic rings. The van der Waals surface area contributed by atoms with E-state index < -0.39 is 5.97 Å². The number of phenols is 1. The van der Waals surface area contributed by atoms with E-state index in [-0.39, 0.29) is 5.75 Å². The molecule has 0 bridgehead atoms. The van der Waals surface area contributed by atoms with Crippen molar-refractivity contribution in [1.29, 1.82) is 0 Å². The van der Waals surface area contributed by atoms with Crippen LogP contribution in [0.1, 0.15) is 68.6 Å². The molecule has 3 nitrogen and oxygen atoms in total. The molecule has 0 saturated heterocycles. The lowest BCUT2D eigenvalue weighted by Gasteiger charge is -2.19. The van der Waals surface area contributed by atoms with E-state index in [0.29, 0.717) is 5.57 Å². The summed E-state index contributed by atoms with van der Waals surface area (Å²) in [6.45, 7) is 1.61. The summed E-state index contributed by atoms with van der Waals surface area (Å²) in [4.78, 5) is 11.1. The average molecular weight is 376 g/mol. The number of hydrogen-bond donors (Lipinski definition) is 2. The second-order valence-electron chi connectivity index (χ2n) is 7.55. The zero-order valence-corrected chi connectivity index (χ0v) is 16.4. The van der Waals surface area contributed by atoms with Crippen molar-refractivity contribution in [3.05, 3.63) is 76.4 Å². The van der Waals surface area contributed by atoms with Crippen LogP contribution < -0.4 is 0 Å². The largest absolute Gasteiger partial charge is 0.508 e. The van der Waals surface area contributed by atoms with Gasteiger partial charge in [-0.2, -0.15) is 0 Å². The van der Waals surface area contributed by atoms with E-state index in [2.05, 4.69) is 12.1 Å². The maximum absolute atomic E-state index is 11.1. The van der Waals surface area contributed by atoms with Crippen LogP contribution in [0.2, 0.25) is 0 Å². The summed E-state index contributed by atoms with van der Waals surface area (Å²) in [5.41, 5.74) is 6.22. The van der Waals surface area contributed by atoms with Crippen molar-refractivity contribution in [2.75, 3.05) is 0 Å². The molecule has 0 spiro atoms. The molecule has 0 atom stereocenters. The maximum Gasteiger partial charge on any atom is 0.331 e. The number of benzene rings is 2. The zero-order valence-electron chi connectivity index (χ0n) is 16.4. The third kappa shape index (κ3) is 5.13. The molecule has 1 saturated carbocycles. The lowest BCUT2D eigenvalue weighted by atomic mass is 9.86. The molecule has 2 aromatic carbocycles. The Morgan fingerprint density at radius 1 is 0.821 bits per heavy atom. The highest BCUT2D eigenvalue weighted by Gasteiger charge is 2.14. The summed E-state index contributed by atoms with van der Waals surface area (Å²) in [5.74, 6) is -0.624. The maximum atomic E-state index is 11.1. The number of hydrogen-bond acceptors (Lipinski definition) is 2. The topological polar surface area (TPSA) is 57.5 Å². The lowest BCUT2D eigenvalue weighted by Crippen LogP contribution is -1.99. The lowest BCUT2D eigenvalue weighted by molar-refractivity contribution is -0.132. The molecule has 0 aromatic heterocycles. The van der Waals surface area contributed by atoms with Crippen molar-refractivity contribution in [3.8, 4) is 5.75 Å². The van der Waals surface area contributed by atoms with Crippen molar-refractivity contribution in [3.63, 3.8) is 0 Å². The molecule has 2 N–H and O–H groups in total. The number of rotatable bonds is 4. The molecule has 1 aliphatic rings. The fraction of sp³-hybridized carbons (Fsp3) is 0.320. The van der Waals surface area contributed by atoms with E-state index in [0.717, 1.165) is 29.5 Å². The molecule has 3 heteroatoms. The Bertz CT molecular complexity index is 861. The first-order chi connectivity index (χ1) is 13.5. The summed E-state index contributed by atoms with van der Waals surface area (Å²) >= 11 is 0. The minimum atomic E-state index is -0.898. The number of aromatic hydroxyl groups is 1. The first-order valence-electron chi connectivity index (χ1n) is 10.1.